The summed E-state index contributed by atoms with van der Waals surface area (Å²) in [5.74, 6) is 1.16. The molecule has 0 radical (unpaired) electrons. The lowest BCUT2D eigenvalue weighted by molar-refractivity contribution is 0.156. The van der Waals surface area contributed by atoms with Gasteiger partial charge >= 0.3 is 0 Å². The summed E-state index contributed by atoms with van der Waals surface area (Å²) in [4.78, 5) is 4.46. The predicted octanol–water partition coefficient (Wildman–Crippen LogP) is 2.48. The van der Waals surface area contributed by atoms with Crippen LogP contribution in [0.3, 0.4) is 0 Å². The first-order valence-electron chi connectivity index (χ1n) is 7.63. The molecule has 1 aliphatic rings. The fraction of sp³-hybridized carbons (Fsp3) is 0.500. The van der Waals surface area contributed by atoms with Crippen LogP contribution in [0.5, 0.6) is 5.75 Å². The van der Waals surface area contributed by atoms with Gasteiger partial charge in [-0.2, -0.15) is 4.98 Å². The van der Waals surface area contributed by atoms with Crippen molar-refractivity contribution >= 4 is 12.4 Å². The highest BCUT2D eigenvalue weighted by molar-refractivity contribution is 5.85. The van der Waals surface area contributed by atoms with Crippen molar-refractivity contribution in [1.29, 1.82) is 0 Å². The van der Waals surface area contributed by atoms with Gasteiger partial charge in [0, 0.05) is 26.3 Å². The average molecular weight is 358 g/mol. The SMILES string of the molecule is COCCC1(c2nc(COc3cccc(F)c3)no2)CCNC1.Cl. The molecule has 1 aromatic carbocycles. The summed E-state index contributed by atoms with van der Waals surface area (Å²) < 4.78 is 29.3. The Hall–Kier alpha value is -1.70. The number of rotatable bonds is 7. The molecule has 0 bridgehead atoms. The van der Waals surface area contributed by atoms with Gasteiger partial charge in [-0.1, -0.05) is 11.2 Å². The van der Waals surface area contributed by atoms with Gasteiger partial charge < -0.3 is 19.3 Å². The van der Waals surface area contributed by atoms with Gasteiger partial charge in [0.25, 0.3) is 0 Å². The fourth-order valence-corrected chi connectivity index (χ4v) is 2.78. The van der Waals surface area contributed by atoms with Crippen molar-refractivity contribution in [3.63, 3.8) is 0 Å². The third-order valence-corrected chi connectivity index (χ3v) is 4.11. The first-order valence-corrected chi connectivity index (χ1v) is 7.63. The second kappa shape index (κ2) is 8.41. The van der Waals surface area contributed by atoms with Gasteiger partial charge in [0.1, 0.15) is 11.6 Å². The van der Waals surface area contributed by atoms with E-state index < -0.39 is 0 Å². The summed E-state index contributed by atoms with van der Waals surface area (Å²) in [5.41, 5.74) is -0.180. The molecule has 1 unspecified atom stereocenters. The molecular formula is C16H21ClFN3O3. The van der Waals surface area contributed by atoms with Gasteiger partial charge in [0.2, 0.25) is 11.7 Å². The Morgan fingerprint density at radius 1 is 1.42 bits per heavy atom. The third kappa shape index (κ3) is 4.23. The molecule has 1 N–H and O–H groups in total. The zero-order valence-electron chi connectivity index (χ0n) is 13.5. The highest BCUT2D eigenvalue weighted by atomic mass is 35.5. The van der Waals surface area contributed by atoms with Crippen LogP contribution < -0.4 is 10.1 Å². The maximum atomic E-state index is 13.1. The highest BCUT2D eigenvalue weighted by Crippen LogP contribution is 2.33. The minimum Gasteiger partial charge on any atom is -0.485 e. The second-order valence-corrected chi connectivity index (χ2v) is 5.71. The number of benzene rings is 1. The van der Waals surface area contributed by atoms with E-state index in [2.05, 4.69) is 15.5 Å². The van der Waals surface area contributed by atoms with Gasteiger partial charge in [-0.15, -0.1) is 12.4 Å². The van der Waals surface area contributed by atoms with Crippen LogP contribution in [0, 0.1) is 5.82 Å². The van der Waals surface area contributed by atoms with Gasteiger partial charge in [0.05, 0.1) is 5.41 Å². The molecule has 0 saturated carbocycles. The second-order valence-electron chi connectivity index (χ2n) is 5.71. The Bertz CT molecular complexity index is 647. The highest BCUT2D eigenvalue weighted by Gasteiger charge is 2.40. The van der Waals surface area contributed by atoms with Crippen molar-refractivity contribution in [3.8, 4) is 5.75 Å². The largest absolute Gasteiger partial charge is 0.485 e. The molecule has 0 amide bonds. The molecule has 1 atom stereocenters. The lowest BCUT2D eigenvalue weighted by Crippen LogP contribution is -2.31. The number of hydrogen-bond donors (Lipinski definition) is 1. The number of hydrogen-bond acceptors (Lipinski definition) is 6. The normalized spacial score (nSPS) is 19.9. The van der Waals surface area contributed by atoms with E-state index in [0.29, 0.717) is 24.1 Å². The first kappa shape index (κ1) is 18.6. The molecule has 24 heavy (non-hydrogen) atoms. The lowest BCUT2D eigenvalue weighted by atomic mass is 9.83. The molecule has 0 aliphatic carbocycles. The first-order chi connectivity index (χ1) is 11.2. The number of halogens is 2. The van der Waals surface area contributed by atoms with Crippen LogP contribution in [-0.4, -0.2) is 36.9 Å². The van der Waals surface area contributed by atoms with Crippen molar-refractivity contribution < 1.29 is 18.4 Å². The molecule has 1 fully saturated rings. The Labute approximate surface area is 146 Å². The Morgan fingerprint density at radius 2 is 2.29 bits per heavy atom. The zero-order chi connectivity index (χ0) is 16.1. The van der Waals surface area contributed by atoms with Crippen LogP contribution in [-0.2, 0) is 16.8 Å². The fourth-order valence-electron chi connectivity index (χ4n) is 2.78. The van der Waals surface area contributed by atoms with Gasteiger partial charge in [-0.3, -0.25) is 0 Å². The van der Waals surface area contributed by atoms with Crippen LogP contribution in [0.4, 0.5) is 4.39 Å². The van der Waals surface area contributed by atoms with Gasteiger partial charge in [-0.25, -0.2) is 4.39 Å². The van der Waals surface area contributed by atoms with E-state index in [9.17, 15) is 4.39 Å². The average Bonchev–Trinajstić information content (AvgIpc) is 3.21. The monoisotopic (exact) mass is 357 g/mol. The standard InChI is InChI=1S/C16H20FN3O3.ClH/c1-21-8-6-16(5-7-18-11-16)15-19-14(20-23-15)10-22-13-4-2-3-12(17)9-13;/h2-4,9,18H,5-8,10-11H2,1H3;1H. The molecule has 6 nitrogen and oxygen atoms in total. The number of nitrogens with one attached hydrogen (secondary N) is 1. The molecule has 1 aliphatic heterocycles. The predicted molar refractivity (Wildman–Crippen MR) is 87.9 cm³/mol. The lowest BCUT2D eigenvalue weighted by Gasteiger charge is -2.22. The maximum absolute atomic E-state index is 13.1. The molecule has 3 rings (SSSR count). The minimum atomic E-state index is -0.341. The molecule has 2 aromatic rings. The molecule has 1 saturated heterocycles. The summed E-state index contributed by atoms with van der Waals surface area (Å²) in [6.07, 6.45) is 1.76. The summed E-state index contributed by atoms with van der Waals surface area (Å²) >= 11 is 0. The minimum absolute atomic E-state index is 0. The van der Waals surface area contributed by atoms with E-state index in [1.807, 2.05) is 0 Å². The summed E-state index contributed by atoms with van der Waals surface area (Å²) in [7, 11) is 1.68. The molecular weight excluding hydrogens is 337 g/mol. The molecule has 0 spiro atoms. The molecule has 132 valence electrons. The van der Waals surface area contributed by atoms with E-state index in [-0.39, 0.29) is 30.2 Å². The van der Waals surface area contributed by atoms with E-state index in [1.54, 1.807) is 19.2 Å². The summed E-state index contributed by atoms with van der Waals surface area (Å²) in [6, 6.07) is 5.97. The van der Waals surface area contributed by atoms with Crippen LogP contribution in [0.1, 0.15) is 24.6 Å². The van der Waals surface area contributed by atoms with Gasteiger partial charge in [-0.05, 0) is 31.5 Å². The van der Waals surface area contributed by atoms with Gasteiger partial charge in [0.15, 0.2) is 6.61 Å². The molecule has 2 heterocycles. The number of aromatic nitrogens is 2. The Balaban J connectivity index is 0.00000208. The van der Waals surface area contributed by atoms with Crippen LogP contribution in [0.2, 0.25) is 0 Å². The zero-order valence-corrected chi connectivity index (χ0v) is 14.3. The maximum Gasteiger partial charge on any atom is 0.234 e. The van der Waals surface area contributed by atoms with Crippen LogP contribution in [0.15, 0.2) is 28.8 Å². The van der Waals surface area contributed by atoms with Crippen molar-refractivity contribution in [2.24, 2.45) is 0 Å². The van der Waals surface area contributed by atoms with E-state index in [0.717, 1.165) is 25.9 Å². The van der Waals surface area contributed by atoms with Crippen molar-refractivity contribution in [2.45, 2.75) is 24.9 Å². The summed E-state index contributed by atoms with van der Waals surface area (Å²) in [5, 5.41) is 7.32. The number of nitrogens with zero attached hydrogens (tertiary/aromatic N) is 2. The quantitative estimate of drug-likeness (QED) is 0.821. The topological polar surface area (TPSA) is 69.4 Å². The van der Waals surface area contributed by atoms with Crippen molar-refractivity contribution in [2.75, 3.05) is 26.8 Å². The molecule has 8 heteroatoms. The van der Waals surface area contributed by atoms with E-state index >= 15 is 0 Å². The molecule has 1 aromatic heterocycles. The Morgan fingerprint density at radius 3 is 3.00 bits per heavy atom. The number of ether oxygens (including phenoxy) is 2. The van der Waals surface area contributed by atoms with Crippen molar-refractivity contribution in [1.82, 2.24) is 15.5 Å². The smallest absolute Gasteiger partial charge is 0.234 e. The summed E-state index contributed by atoms with van der Waals surface area (Å²) in [6.45, 7) is 2.49. The van der Waals surface area contributed by atoms with Crippen LogP contribution >= 0.6 is 12.4 Å². The third-order valence-electron chi connectivity index (χ3n) is 4.11. The van der Waals surface area contributed by atoms with E-state index in [1.165, 1.54) is 12.1 Å². The van der Waals surface area contributed by atoms with Crippen LogP contribution in [0.25, 0.3) is 0 Å². The van der Waals surface area contributed by atoms with Crippen molar-refractivity contribution in [3.05, 3.63) is 41.8 Å². The van der Waals surface area contributed by atoms with E-state index in [4.69, 9.17) is 14.0 Å². The number of methoxy groups -OCH3 is 1. The Kier molecular flexibility index (Phi) is 6.53.